The molecule has 3 aromatic carbocycles. The van der Waals surface area contributed by atoms with Gasteiger partial charge >= 0.3 is 0 Å². The SMILES string of the molecule is CCc1ccccc1N1C[C@H](c2nc3ccccc3n2Cc2cccc(C)c2)CC1=O. The number of aryl methyl sites for hydroxylation is 2. The average molecular weight is 410 g/mol. The molecule has 1 aliphatic rings. The Balaban J connectivity index is 1.54. The van der Waals surface area contributed by atoms with E-state index >= 15 is 0 Å². The lowest BCUT2D eigenvalue weighted by Gasteiger charge is -2.20. The maximum Gasteiger partial charge on any atom is 0.227 e. The lowest BCUT2D eigenvalue weighted by Crippen LogP contribution is -2.25. The van der Waals surface area contributed by atoms with Crippen LogP contribution in [0.3, 0.4) is 0 Å². The van der Waals surface area contributed by atoms with Gasteiger partial charge in [-0.05, 0) is 42.7 Å². The minimum atomic E-state index is 0.0784. The van der Waals surface area contributed by atoms with Gasteiger partial charge in [-0.2, -0.15) is 0 Å². The number of imidazole rings is 1. The lowest BCUT2D eigenvalue weighted by atomic mass is 10.1. The van der Waals surface area contributed by atoms with Crippen molar-refractivity contribution in [1.82, 2.24) is 9.55 Å². The van der Waals surface area contributed by atoms with Crippen LogP contribution in [0.25, 0.3) is 11.0 Å². The summed E-state index contributed by atoms with van der Waals surface area (Å²) in [5.74, 6) is 1.27. The van der Waals surface area contributed by atoms with E-state index in [1.165, 1.54) is 16.7 Å². The van der Waals surface area contributed by atoms with Gasteiger partial charge in [0.15, 0.2) is 0 Å². The van der Waals surface area contributed by atoms with E-state index in [0.717, 1.165) is 35.5 Å². The number of para-hydroxylation sites is 3. The van der Waals surface area contributed by atoms with Gasteiger partial charge in [0.2, 0.25) is 5.91 Å². The Bertz CT molecular complexity index is 1260. The molecule has 1 aliphatic heterocycles. The molecule has 31 heavy (non-hydrogen) atoms. The number of amides is 1. The van der Waals surface area contributed by atoms with Gasteiger partial charge in [-0.15, -0.1) is 0 Å². The van der Waals surface area contributed by atoms with Crippen molar-refractivity contribution in [3.05, 3.63) is 95.3 Å². The Morgan fingerprint density at radius 3 is 2.65 bits per heavy atom. The van der Waals surface area contributed by atoms with E-state index in [0.29, 0.717) is 13.0 Å². The Morgan fingerprint density at radius 2 is 1.81 bits per heavy atom. The van der Waals surface area contributed by atoms with E-state index in [2.05, 4.69) is 73.0 Å². The highest BCUT2D eigenvalue weighted by molar-refractivity contribution is 5.97. The summed E-state index contributed by atoms with van der Waals surface area (Å²) in [5.41, 5.74) is 6.87. The summed E-state index contributed by atoms with van der Waals surface area (Å²) in [4.78, 5) is 20.0. The zero-order chi connectivity index (χ0) is 21.4. The van der Waals surface area contributed by atoms with Crippen LogP contribution in [0.4, 0.5) is 5.69 Å². The molecule has 0 radical (unpaired) electrons. The fourth-order valence-electron chi connectivity index (χ4n) is 4.75. The predicted octanol–water partition coefficient (Wildman–Crippen LogP) is 5.48. The molecule has 4 aromatic rings. The third-order valence-electron chi connectivity index (χ3n) is 6.26. The number of benzene rings is 3. The van der Waals surface area contributed by atoms with Gasteiger partial charge in [-0.1, -0.05) is 67.1 Å². The van der Waals surface area contributed by atoms with Gasteiger partial charge in [-0.25, -0.2) is 4.98 Å². The van der Waals surface area contributed by atoms with Crippen molar-refractivity contribution in [3.63, 3.8) is 0 Å². The normalized spacial score (nSPS) is 16.4. The summed E-state index contributed by atoms with van der Waals surface area (Å²) < 4.78 is 2.30. The molecule has 156 valence electrons. The summed E-state index contributed by atoms with van der Waals surface area (Å²) in [6.45, 7) is 5.69. The summed E-state index contributed by atoms with van der Waals surface area (Å²) in [7, 11) is 0. The van der Waals surface area contributed by atoms with E-state index in [-0.39, 0.29) is 11.8 Å². The Morgan fingerprint density at radius 1 is 1.00 bits per heavy atom. The van der Waals surface area contributed by atoms with Gasteiger partial charge in [0, 0.05) is 31.1 Å². The highest BCUT2D eigenvalue weighted by Crippen LogP contribution is 2.35. The maximum atomic E-state index is 13.0. The second-order valence-corrected chi connectivity index (χ2v) is 8.42. The summed E-state index contributed by atoms with van der Waals surface area (Å²) in [6, 6.07) is 25.1. The minimum absolute atomic E-state index is 0.0784. The topological polar surface area (TPSA) is 38.1 Å². The number of carbonyl (C=O) groups excluding carboxylic acids is 1. The molecular weight excluding hydrogens is 382 g/mol. The highest BCUT2D eigenvalue weighted by atomic mass is 16.2. The molecule has 1 amide bonds. The van der Waals surface area contributed by atoms with Crippen molar-refractivity contribution in [2.24, 2.45) is 0 Å². The quantitative estimate of drug-likeness (QED) is 0.438. The van der Waals surface area contributed by atoms with Gasteiger partial charge in [0.05, 0.1) is 11.0 Å². The van der Waals surface area contributed by atoms with Crippen molar-refractivity contribution in [1.29, 1.82) is 0 Å². The largest absolute Gasteiger partial charge is 0.323 e. The van der Waals surface area contributed by atoms with Crippen LogP contribution in [0.1, 0.15) is 41.8 Å². The number of aromatic nitrogens is 2. The van der Waals surface area contributed by atoms with Crippen LogP contribution in [0.5, 0.6) is 0 Å². The van der Waals surface area contributed by atoms with E-state index < -0.39 is 0 Å². The predicted molar refractivity (Wildman–Crippen MR) is 126 cm³/mol. The molecule has 1 aromatic heterocycles. The van der Waals surface area contributed by atoms with Gasteiger partial charge in [0.1, 0.15) is 5.82 Å². The van der Waals surface area contributed by atoms with Crippen molar-refractivity contribution >= 4 is 22.6 Å². The number of hydrogen-bond acceptors (Lipinski definition) is 2. The summed E-state index contributed by atoms with van der Waals surface area (Å²) >= 11 is 0. The molecule has 0 bridgehead atoms. The number of fused-ring (bicyclic) bond motifs is 1. The van der Waals surface area contributed by atoms with E-state index in [4.69, 9.17) is 4.98 Å². The average Bonchev–Trinajstić information content (AvgIpc) is 3.34. The number of anilines is 1. The van der Waals surface area contributed by atoms with Gasteiger partial charge < -0.3 is 9.47 Å². The van der Waals surface area contributed by atoms with E-state index in [9.17, 15) is 4.79 Å². The molecule has 0 N–H and O–H groups in total. The Labute approximate surface area is 183 Å². The monoisotopic (exact) mass is 409 g/mol. The van der Waals surface area contributed by atoms with Crippen LogP contribution in [0.2, 0.25) is 0 Å². The molecule has 0 spiro atoms. The molecule has 0 aliphatic carbocycles. The molecule has 0 unspecified atom stereocenters. The summed E-state index contributed by atoms with van der Waals surface area (Å²) in [6.07, 6.45) is 1.41. The smallest absolute Gasteiger partial charge is 0.227 e. The number of hydrogen-bond donors (Lipinski definition) is 0. The highest BCUT2D eigenvalue weighted by Gasteiger charge is 2.35. The third kappa shape index (κ3) is 3.63. The molecule has 4 heteroatoms. The first-order chi connectivity index (χ1) is 15.1. The van der Waals surface area contributed by atoms with Crippen LogP contribution in [-0.4, -0.2) is 22.0 Å². The van der Waals surface area contributed by atoms with Crippen LogP contribution < -0.4 is 4.90 Å². The molecule has 1 saturated heterocycles. The summed E-state index contributed by atoms with van der Waals surface area (Å²) in [5, 5.41) is 0. The molecule has 2 heterocycles. The first-order valence-electron chi connectivity index (χ1n) is 11.0. The zero-order valence-electron chi connectivity index (χ0n) is 18.1. The lowest BCUT2D eigenvalue weighted by molar-refractivity contribution is -0.117. The van der Waals surface area contributed by atoms with Crippen LogP contribution >= 0.6 is 0 Å². The third-order valence-corrected chi connectivity index (χ3v) is 6.26. The maximum absolute atomic E-state index is 13.0. The second-order valence-electron chi connectivity index (χ2n) is 8.42. The van der Waals surface area contributed by atoms with Crippen molar-refractivity contribution < 1.29 is 4.79 Å². The minimum Gasteiger partial charge on any atom is -0.323 e. The van der Waals surface area contributed by atoms with Gasteiger partial charge in [-0.3, -0.25) is 4.79 Å². The van der Waals surface area contributed by atoms with Crippen molar-refractivity contribution in [2.45, 2.75) is 39.2 Å². The van der Waals surface area contributed by atoms with Gasteiger partial charge in [0.25, 0.3) is 0 Å². The number of nitrogens with zero attached hydrogens (tertiary/aromatic N) is 3. The molecule has 5 rings (SSSR count). The van der Waals surface area contributed by atoms with Crippen molar-refractivity contribution in [3.8, 4) is 0 Å². The van der Waals surface area contributed by atoms with Crippen LogP contribution in [0.15, 0.2) is 72.8 Å². The Kier molecular flexibility index (Phi) is 5.06. The Hall–Kier alpha value is -3.40. The second kappa shape index (κ2) is 8.03. The van der Waals surface area contributed by atoms with E-state index in [1.54, 1.807) is 0 Å². The molecule has 1 fully saturated rings. The molecule has 0 saturated carbocycles. The molecule has 4 nitrogen and oxygen atoms in total. The standard InChI is InChI=1S/C27H27N3O/c1-3-21-11-4-6-13-24(21)29-18-22(16-26(29)31)27-28-23-12-5-7-14-25(23)30(27)17-20-10-8-9-19(2)15-20/h4-15,22H,3,16-18H2,1-2H3/t22-/m1/s1. The van der Waals surface area contributed by atoms with Crippen LogP contribution in [-0.2, 0) is 17.8 Å². The first-order valence-corrected chi connectivity index (χ1v) is 11.0. The van der Waals surface area contributed by atoms with E-state index in [1.807, 2.05) is 23.1 Å². The zero-order valence-corrected chi connectivity index (χ0v) is 18.1. The number of rotatable bonds is 5. The molecular formula is C27H27N3O. The first kappa shape index (κ1) is 19.6. The van der Waals surface area contributed by atoms with Crippen LogP contribution in [0, 0.1) is 6.92 Å². The fourth-order valence-corrected chi connectivity index (χ4v) is 4.75. The molecule has 1 atom stereocenters. The van der Waals surface area contributed by atoms with Crippen molar-refractivity contribution in [2.75, 3.05) is 11.4 Å². The fraction of sp³-hybridized carbons (Fsp3) is 0.259. The number of carbonyl (C=O) groups is 1.